The van der Waals surface area contributed by atoms with Crippen LogP contribution in [-0.2, 0) is 0 Å². The normalized spacial score (nSPS) is 21.8. The molecule has 0 spiro atoms. The van der Waals surface area contributed by atoms with Gasteiger partial charge in [0.05, 0.1) is 12.4 Å². The SMILES string of the molecule is CCNc1nc(N(C)CC2CC(O)C2)c2[nH]cnc2n1. The quantitative estimate of drug-likeness (QED) is 0.754. The molecule has 0 atom stereocenters. The van der Waals surface area contributed by atoms with Gasteiger partial charge in [-0.3, -0.25) is 0 Å². The van der Waals surface area contributed by atoms with Gasteiger partial charge in [-0.05, 0) is 25.7 Å². The number of hydrogen-bond acceptors (Lipinski definition) is 6. The van der Waals surface area contributed by atoms with Crippen molar-refractivity contribution in [1.29, 1.82) is 0 Å². The van der Waals surface area contributed by atoms with Gasteiger partial charge in [-0.2, -0.15) is 9.97 Å². The molecule has 20 heavy (non-hydrogen) atoms. The van der Waals surface area contributed by atoms with Crippen LogP contribution in [0.2, 0.25) is 0 Å². The largest absolute Gasteiger partial charge is 0.393 e. The number of aromatic amines is 1. The second kappa shape index (κ2) is 5.24. The number of H-pyrrole nitrogens is 1. The lowest BCUT2D eigenvalue weighted by Crippen LogP contribution is -2.37. The van der Waals surface area contributed by atoms with Crippen molar-refractivity contribution >= 4 is 22.9 Å². The molecule has 7 heteroatoms. The summed E-state index contributed by atoms with van der Waals surface area (Å²) in [6, 6.07) is 0. The lowest BCUT2D eigenvalue weighted by Gasteiger charge is -2.34. The van der Waals surface area contributed by atoms with Gasteiger partial charge in [-0.1, -0.05) is 0 Å². The molecule has 0 aliphatic heterocycles. The number of imidazole rings is 1. The molecular weight excluding hydrogens is 256 g/mol. The third kappa shape index (κ3) is 2.40. The topological polar surface area (TPSA) is 90.0 Å². The van der Waals surface area contributed by atoms with E-state index in [0.29, 0.717) is 17.5 Å². The van der Waals surface area contributed by atoms with Crippen LogP contribution in [-0.4, -0.2) is 51.3 Å². The van der Waals surface area contributed by atoms with Gasteiger partial charge in [0.2, 0.25) is 5.95 Å². The van der Waals surface area contributed by atoms with Gasteiger partial charge < -0.3 is 20.3 Å². The highest BCUT2D eigenvalue weighted by atomic mass is 16.3. The molecular formula is C13H20N6O. The minimum atomic E-state index is -0.122. The van der Waals surface area contributed by atoms with Crippen LogP contribution in [0.25, 0.3) is 11.2 Å². The van der Waals surface area contributed by atoms with E-state index in [4.69, 9.17) is 0 Å². The van der Waals surface area contributed by atoms with Crippen LogP contribution in [0.1, 0.15) is 19.8 Å². The third-order valence-electron chi connectivity index (χ3n) is 3.71. The highest BCUT2D eigenvalue weighted by molar-refractivity contribution is 5.84. The second-order valence-electron chi connectivity index (χ2n) is 5.37. The van der Waals surface area contributed by atoms with Crippen molar-refractivity contribution in [2.24, 2.45) is 5.92 Å². The molecule has 0 unspecified atom stereocenters. The first-order valence-corrected chi connectivity index (χ1v) is 7.01. The first-order valence-electron chi connectivity index (χ1n) is 7.01. The van der Waals surface area contributed by atoms with Crippen molar-refractivity contribution in [3.8, 4) is 0 Å². The Bertz CT molecular complexity index is 592. The van der Waals surface area contributed by atoms with E-state index in [0.717, 1.165) is 37.3 Å². The van der Waals surface area contributed by atoms with Crippen molar-refractivity contribution in [2.45, 2.75) is 25.9 Å². The second-order valence-corrected chi connectivity index (χ2v) is 5.37. The fourth-order valence-corrected chi connectivity index (χ4v) is 2.65. The molecule has 0 amide bonds. The van der Waals surface area contributed by atoms with Crippen molar-refractivity contribution < 1.29 is 5.11 Å². The maximum atomic E-state index is 9.38. The van der Waals surface area contributed by atoms with Crippen LogP contribution in [0.5, 0.6) is 0 Å². The fraction of sp³-hybridized carbons (Fsp3) is 0.615. The maximum absolute atomic E-state index is 9.38. The molecule has 2 heterocycles. The number of rotatable bonds is 5. The number of aliphatic hydroxyl groups is 1. The van der Waals surface area contributed by atoms with Gasteiger partial charge in [0.1, 0.15) is 5.52 Å². The highest BCUT2D eigenvalue weighted by Gasteiger charge is 2.29. The number of anilines is 2. The summed E-state index contributed by atoms with van der Waals surface area (Å²) >= 11 is 0. The monoisotopic (exact) mass is 276 g/mol. The molecule has 1 aliphatic rings. The van der Waals surface area contributed by atoms with E-state index in [9.17, 15) is 5.11 Å². The van der Waals surface area contributed by atoms with Crippen LogP contribution >= 0.6 is 0 Å². The van der Waals surface area contributed by atoms with E-state index in [-0.39, 0.29) is 6.10 Å². The zero-order valence-electron chi connectivity index (χ0n) is 11.8. The van der Waals surface area contributed by atoms with Crippen LogP contribution in [0.4, 0.5) is 11.8 Å². The molecule has 3 N–H and O–H groups in total. The van der Waals surface area contributed by atoms with E-state index in [1.54, 1.807) is 6.33 Å². The number of aliphatic hydroxyl groups excluding tert-OH is 1. The van der Waals surface area contributed by atoms with Crippen LogP contribution in [0, 0.1) is 5.92 Å². The third-order valence-corrected chi connectivity index (χ3v) is 3.71. The zero-order valence-corrected chi connectivity index (χ0v) is 11.8. The number of fused-ring (bicyclic) bond motifs is 1. The van der Waals surface area contributed by atoms with Crippen LogP contribution in [0.15, 0.2) is 6.33 Å². The van der Waals surface area contributed by atoms with Crippen LogP contribution < -0.4 is 10.2 Å². The van der Waals surface area contributed by atoms with E-state index in [2.05, 4.69) is 30.2 Å². The number of nitrogens with one attached hydrogen (secondary N) is 2. The summed E-state index contributed by atoms with van der Waals surface area (Å²) in [4.78, 5) is 18.4. The van der Waals surface area contributed by atoms with E-state index < -0.39 is 0 Å². The molecule has 0 saturated heterocycles. The standard InChI is InChI=1S/C13H20N6O/c1-3-14-13-17-11-10(15-7-16-11)12(18-13)19(2)6-8-4-9(20)5-8/h7-9,20H,3-6H2,1-2H3,(H2,14,15,16,17,18). The Morgan fingerprint density at radius 3 is 2.95 bits per heavy atom. The Labute approximate surface area is 117 Å². The van der Waals surface area contributed by atoms with Gasteiger partial charge >= 0.3 is 0 Å². The zero-order chi connectivity index (χ0) is 14.1. The van der Waals surface area contributed by atoms with E-state index in [1.165, 1.54) is 0 Å². The Morgan fingerprint density at radius 2 is 2.25 bits per heavy atom. The Morgan fingerprint density at radius 1 is 1.45 bits per heavy atom. The molecule has 3 rings (SSSR count). The number of hydrogen-bond donors (Lipinski definition) is 3. The van der Waals surface area contributed by atoms with Crippen LogP contribution in [0.3, 0.4) is 0 Å². The summed E-state index contributed by atoms with van der Waals surface area (Å²) in [5, 5.41) is 12.5. The summed E-state index contributed by atoms with van der Waals surface area (Å²) < 4.78 is 0. The molecule has 1 fully saturated rings. The molecule has 0 radical (unpaired) electrons. The highest BCUT2D eigenvalue weighted by Crippen LogP contribution is 2.30. The summed E-state index contributed by atoms with van der Waals surface area (Å²) in [6.45, 7) is 3.67. The van der Waals surface area contributed by atoms with Gasteiger partial charge in [0, 0.05) is 20.1 Å². The summed E-state index contributed by atoms with van der Waals surface area (Å²) in [6.07, 6.45) is 3.27. The van der Waals surface area contributed by atoms with Crippen molar-refractivity contribution in [2.75, 3.05) is 30.4 Å². The summed E-state index contributed by atoms with van der Waals surface area (Å²) in [7, 11) is 2.02. The summed E-state index contributed by atoms with van der Waals surface area (Å²) in [5.41, 5.74) is 1.53. The lowest BCUT2D eigenvalue weighted by atomic mass is 9.82. The van der Waals surface area contributed by atoms with E-state index in [1.807, 2.05) is 14.0 Å². The van der Waals surface area contributed by atoms with Crippen molar-refractivity contribution in [3.05, 3.63) is 6.33 Å². The van der Waals surface area contributed by atoms with Gasteiger partial charge in [0.25, 0.3) is 0 Å². The van der Waals surface area contributed by atoms with Gasteiger partial charge in [0.15, 0.2) is 11.5 Å². The molecule has 7 nitrogen and oxygen atoms in total. The molecule has 108 valence electrons. The molecule has 1 aliphatic carbocycles. The fourth-order valence-electron chi connectivity index (χ4n) is 2.65. The first kappa shape index (κ1) is 13.1. The Kier molecular flexibility index (Phi) is 3.43. The predicted octanol–water partition coefficient (Wildman–Crippen LogP) is 0.992. The predicted molar refractivity (Wildman–Crippen MR) is 77.8 cm³/mol. The Hall–Kier alpha value is -1.89. The van der Waals surface area contributed by atoms with Gasteiger partial charge in [-0.15, -0.1) is 0 Å². The van der Waals surface area contributed by atoms with Crippen molar-refractivity contribution in [1.82, 2.24) is 19.9 Å². The Balaban J connectivity index is 1.86. The molecule has 0 bridgehead atoms. The average molecular weight is 276 g/mol. The smallest absolute Gasteiger partial charge is 0.226 e. The molecule has 0 aromatic carbocycles. The minimum Gasteiger partial charge on any atom is -0.393 e. The molecule has 1 saturated carbocycles. The number of nitrogens with zero attached hydrogens (tertiary/aromatic N) is 4. The molecule has 2 aromatic rings. The van der Waals surface area contributed by atoms with E-state index >= 15 is 0 Å². The van der Waals surface area contributed by atoms with Crippen molar-refractivity contribution in [3.63, 3.8) is 0 Å². The lowest BCUT2D eigenvalue weighted by molar-refractivity contribution is 0.0464. The van der Waals surface area contributed by atoms with Gasteiger partial charge in [-0.25, -0.2) is 4.98 Å². The summed E-state index contributed by atoms with van der Waals surface area (Å²) in [5.74, 6) is 1.98. The minimum absolute atomic E-state index is 0.122. The average Bonchev–Trinajstić information content (AvgIpc) is 2.84. The number of aromatic nitrogens is 4. The molecule has 2 aromatic heterocycles. The first-order chi connectivity index (χ1) is 9.67. The maximum Gasteiger partial charge on any atom is 0.226 e.